The van der Waals surface area contributed by atoms with Gasteiger partial charge in [0, 0.05) is 6.04 Å². The summed E-state index contributed by atoms with van der Waals surface area (Å²) in [6.07, 6.45) is 5.12. The molecule has 3 nitrogen and oxygen atoms in total. The van der Waals surface area contributed by atoms with Crippen LogP contribution in [0.15, 0.2) is 24.3 Å². The number of hydrogen-bond acceptors (Lipinski definition) is 3. The van der Waals surface area contributed by atoms with Crippen LogP contribution in [0.25, 0.3) is 0 Å². The normalized spacial score (nSPS) is 25.6. The number of rotatable bonds is 7. The first-order valence-electron chi connectivity index (χ1n) is 8.21. The van der Waals surface area contributed by atoms with Gasteiger partial charge in [0.15, 0.2) is 0 Å². The van der Waals surface area contributed by atoms with Crippen LogP contribution in [0.1, 0.15) is 39.5 Å². The lowest BCUT2D eigenvalue weighted by molar-refractivity contribution is 0.203. The van der Waals surface area contributed by atoms with Crippen molar-refractivity contribution >= 4 is 0 Å². The number of benzene rings is 1. The molecule has 0 amide bonds. The summed E-state index contributed by atoms with van der Waals surface area (Å²) in [6, 6.07) is 8.46. The van der Waals surface area contributed by atoms with E-state index in [1.165, 1.54) is 19.3 Å². The first-order valence-corrected chi connectivity index (χ1v) is 8.21. The van der Waals surface area contributed by atoms with E-state index < -0.39 is 0 Å². The lowest BCUT2D eigenvalue weighted by Crippen LogP contribution is -2.41. The van der Waals surface area contributed by atoms with Crippen LogP contribution >= 0.6 is 0 Å². The minimum atomic E-state index is 0.690. The zero-order chi connectivity index (χ0) is 15.1. The number of methoxy groups -OCH3 is 1. The van der Waals surface area contributed by atoms with E-state index in [1.54, 1.807) is 7.11 Å². The molecule has 0 unspecified atom stereocenters. The lowest BCUT2D eigenvalue weighted by Gasteiger charge is -2.34. The van der Waals surface area contributed by atoms with Gasteiger partial charge in [-0.3, -0.25) is 0 Å². The Hall–Kier alpha value is -1.22. The third kappa shape index (κ3) is 4.92. The lowest BCUT2D eigenvalue weighted by atomic mass is 9.78. The maximum atomic E-state index is 5.75. The highest BCUT2D eigenvalue weighted by Crippen LogP contribution is 2.29. The largest absolute Gasteiger partial charge is 0.497 e. The quantitative estimate of drug-likeness (QED) is 0.773. The van der Waals surface area contributed by atoms with Crippen LogP contribution in [0.5, 0.6) is 11.5 Å². The van der Waals surface area contributed by atoms with Gasteiger partial charge in [-0.15, -0.1) is 0 Å². The third-order valence-electron chi connectivity index (χ3n) is 4.76. The second-order valence-corrected chi connectivity index (χ2v) is 6.21. The van der Waals surface area contributed by atoms with E-state index in [-0.39, 0.29) is 0 Å². The Balaban J connectivity index is 1.61. The topological polar surface area (TPSA) is 30.5 Å². The second-order valence-electron chi connectivity index (χ2n) is 6.21. The SMILES string of the molecule is COc1ccc(OCCCN[C@@H]2CCC[C@@H](C)[C@H]2C)cc1. The molecule has 1 fully saturated rings. The van der Waals surface area contributed by atoms with Crippen LogP contribution in [0.4, 0.5) is 0 Å². The Morgan fingerprint density at radius 3 is 2.52 bits per heavy atom. The number of nitrogens with one attached hydrogen (secondary N) is 1. The summed E-state index contributed by atoms with van der Waals surface area (Å²) in [6.45, 7) is 6.56. The molecule has 1 aliphatic rings. The summed E-state index contributed by atoms with van der Waals surface area (Å²) >= 11 is 0. The fourth-order valence-corrected chi connectivity index (χ4v) is 3.09. The number of hydrogen-bond donors (Lipinski definition) is 1. The van der Waals surface area contributed by atoms with Gasteiger partial charge in [0.25, 0.3) is 0 Å². The van der Waals surface area contributed by atoms with Crippen molar-refractivity contribution in [2.75, 3.05) is 20.3 Å². The predicted octanol–water partition coefficient (Wildman–Crippen LogP) is 3.88. The molecule has 1 aromatic rings. The van der Waals surface area contributed by atoms with Crippen molar-refractivity contribution in [1.29, 1.82) is 0 Å². The smallest absolute Gasteiger partial charge is 0.119 e. The zero-order valence-electron chi connectivity index (χ0n) is 13.6. The first kappa shape index (κ1) is 16.2. The highest BCUT2D eigenvalue weighted by Gasteiger charge is 2.26. The van der Waals surface area contributed by atoms with Crippen molar-refractivity contribution in [1.82, 2.24) is 5.32 Å². The van der Waals surface area contributed by atoms with Gasteiger partial charge in [-0.25, -0.2) is 0 Å². The van der Waals surface area contributed by atoms with E-state index in [2.05, 4.69) is 19.2 Å². The molecule has 0 saturated heterocycles. The maximum absolute atomic E-state index is 5.75. The summed E-state index contributed by atoms with van der Waals surface area (Å²) in [5, 5.41) is 3.71. The third-order valence-corrected chi connectivity index (χ3v) is 4.76. The Kier molecular flexibility index (Phi) is 6.37. The average Bonchev–Trinajstić information content (AvgIpc) is 2.51. The Morgan fingerprint density at radius 1 is 1.10 bits per heavy atom. The van der Waals surface area contributed by atoms with E-state index >= 15 is 0 Å². The average molecular weight is 291 g/mol. The molecule has 118 valence electrons. The van der Waals surface area contributed by atoms with Crippen molar-refractivity contribution in [3.8, 4) is 11.5 Å². The fraction of sp³-hybridized carbons (Fsp3) is 0.667. The second kappa shape index (κ2) is 8.28. The minimum Gasteiger partial charge on any atom is -0.497 e. The van der Waals surface area contributed by atoms with Crippen LogP contribution in [0.3, 0.4) is 0 Å². The molecule has 0 spiro atoms. The first-order chi connectivity index (χ1) is 10.2. The van der Waals surface area contributed by atoms with Gasteiger partial charge in [-0.05, 0) is 55.5 Å². The van der Waals surface area contributed by atoms with Crippen molar-refractivity contribution < 1.29 is 9.47 Å². The predicted molar refractivity (Wildman–Crippen MR) is 87.1 cm³/mol. The fourth-order valence-electron chi connectivity index (χ4n) is 3.09. The molecule has 1 aromatic carbocycles. The van der Waals surface area contributed by atoms with Crippen LogP contribution < -0.4 is 14.8 Å². The molecule has 3 heteroatoms. The van der Waals surface area contributed by atoms with Gasteiger partial charge in [0.05, 0.1) is 13.7 Å². The van der Waals surface area contributed by atoms with Crippen molar-refractivity contribution in [2.24, 2.45) is 11.8 Å². The molecular formula is C18H29NO2. The van der Waals surface area contributed by atoms with Crippen LogP contribution in [0.2, 0.25) is 0 Å². The van der Waals surface area contributed by atoms with E-state index in [4.69, 9.17) is 9.47 Å². The van der Waals surface area contributed by atoms with Crippen LogP contribution in [-0.2, 0) is 0 Å². The summed E-state index contributed by atoms with van der Waals surface area (Å²) in [5.74, 6) is 3.42. The molecule has 1 saturated carbocycles. The van der Waals surface area contributed by atoms with Gasteiger partial charge in [0.2, 0.25) is 0 Å². The molecule has 0 aliphatic heterocycles. The summed E-state index contributed by atoms with van der Waals surface area (Å²) in [4.78, 5) is 0. The standard InChI is InChI=1S/C18H29NO2/c1-14-6-4-7-18(15(14)2)19-12-5-13-21-17-10-8-16(20-3)9-11-17/h8-11,14-15,18-19H,4-7,12-13H2,1-3H3/t14-,15-,18-/m1/s1. The van der Waals surface area contributed by atoms with E-state index in [1.807, 2.05) is 24.3 Å². The molecule has 0 radical (unpaired) electrons. The van der Waals surface area contributed by atoms with Crippen LogP contribution in [0, 0.1) is 11.8 Å². The summed E-state index contributed by atoms with van der Waals surface area (Å²) in [7, 11) is 1.68. The molecule has 0 heterocycles. The number of ether oxygens (including phenoxy) is 2. The molecule has 0 bridgehead atoms. The Bertz CT molecular complexity index is 404. The van der Waals surface area contributed by atoms with E-state index in [0.29, 0.717) is 6.04 Å². The monoisotopic (exact) mass is 291 g/mol. The van der Waals surface area contributed by atoms with Gasteiger partial charge < -0.3 is 14.8 Å². The van der Waals surface area contributed by atoms with Gasteiger partial charge >= 0.3 is 0 Å². The summed E-state index contributed by atoms with van der Waals surface area (Å²) < 4.78 is 10.9. The van der Waals surface area contributed by atoms with E-state index in [0.717, 1.165) is 42.9 Å². The maximum Gasteiger partial charge on any atom is 0.119 e. The molecule has 0 aromatic heterocycles. The Morgan fingerprint density at radius 2 is 1.81 bits per heavy atom. The van der Waals surface area contributed by atoms with Crippen molar-refractivity contribution in [3.63, 3.8) is 0 Å². The Labute approximate surface area is 129 Å². The van der Waals surface area contributed by atoms with Gasteiger partial charge in [-0.2, -0.15) is 0 Å². The zero-order valence-corrected chi connectivity index (χ0v) is 13.6. The van der Waals surface area contributed by atoms with E-state index in [9.17, 15) is 0 Å². The molecule has 2 rings (SSSR count). The molecular weight excluding hydrogens is 262 g/mol. The highest BCUT2D eigenvalue weighted by atomic mass is 16.5. The minimum absolute atomic E-state index is 0.690. The molecule has 1 aliphatic carbocycles. The van der Waals surface area contributed by atoms with Gasteiger partial charge in [-0.1, -0.05) is 26.7 Å². The van der Waals surface area contributed by atoms with Gasteiger partial charge in [0.1, 0.15) is 11.5 Å². The molecule has 21 heavy (non-hydrogen) atoms. The van der Waals surface area contributed by atoms with Crippen molar-refractivity contribution in [2.45, 2.75) is 45.6 Å². The molecule has 1 N–H and O–H groups in total. The highest BCUT2D eigenvalue weighted by molar-refractivity contribution is 5.31. The van der Waals surface area contributed by atoms with Crippen molar-refractivity contribution in [3.05, 3.63) is 24.3 Å². The van der Waals surface area contributed by atoms with Crippen LogP contribution in [-0.4, -0.2) is 26.3 Å². The molecule has 3 atom stereocenters. The summed E-state index contributed by atoms with van der Waals surface area (Å²) in [5.41, 5.74) is 0.